The van der Waals surface area contributed by atoms with Gasteiger partial charge in [-0.2, -0.15) is 0 Å². The Labute approximate surface area is 289 Å². The molecule has 262 valence electrons. The molecule has 3 aromatic rings. The van der Waals surface area contributed by atoms with Crippen molar-refractivity contribution in [1.82, 2.24) is 4.90 Å². The number of unbranched alkanes of at least 4 members (excludes halogenated alkanes) is 10. The second-order valence-corrected chi connectivity index (χ2v) is 12.5. The molecule has 0 aliphatic carbocycles. The van der Waals surface area contributed by atoms with Gasteiger partial charge in [-0.15, -0.1) is 0 Å². The standard InChI is InChI=1S/C38H51ClN2O7/c1-5-8-9-10-11-12-13-14-15-16-17-18-35(42)40-28-19-21-30(33(39)23-28)32-25-36(43)48-34-24-29(20-22-31(32)34)47-27(4)38(45)41(6-2)26-37(44)46-7-3/h19-25,27H,5-18,26H2,1-4H3,(H,40,42)/t27-/m1/s1. The number of hydrogen-bond acceptors (Lipinski definition) is 7. The van der Waals surface area contributed by atoms with Crippen LogP contribution in [0.1, 0.15) is 105 Å². The Morgan fingerprint density at radius 3 is 2.15 bits per heavy atom. The number of carbonyl (C=O) groups is 3. The molecule has 0 bridgehead atoms. The Hall–Kier alpha value is -3.85. The number of nitrogens with zero attached hydrogens (tertiary/aromatic N) is 1. The zero-order valence-corrected chi connectivity index (χ0v) is 29.7. The summed E-state index contributed by atoms with van der Waals surface area (Å²) in [6.07, 6.45) is 13.0. The SMILES string of the molecule is CCCCCCCCCCCCCC(=O)Nc1ccc(-c2cc(=O)oc3cc(O[C@H](C)C(=O)N(CC)CC(=O)OCC)ccc23)c(Cl)c1. The van der Waals surface area contributed by atoms with Crippen LogP contribution in [-0.4, -0.2) is 48.5 Å². The van der Waals surface area contributed by atoms with Gasteiger partial charge in [-0.05, 0) is 51.5 Å². The maximum atomic E-state index is 12.9. The predicted molar refractivity (Wildman–Crippen MR) is 192 cm³/mol. The van der Waals surface area contributed by atoms with Crippen LogP contribution in [0, 0.1) is 0 Å². The highest BCUT2D eigenvalue weighted by atomic mass is 35.5. The summed E-state index contributed by atoms with van der Waals surface area (Å²) in [5, 5.41) is 3.92. The molecule has 9 nitrogen and oxygen atoms in total. The van der Waals surface area contributed by atoms with E-state index in [4.69, 9.17) is 25.5 Å². The second kappa shape index (κ2) is 20.5. The van der Waals surface area contributed by atoms with Crippen molar-refractivity contribution < 1.29 is 28.3 Å². The van der Waals surface area contributed by atoms with Crippen LogP contribution >= 0.6 is 11.6 Å². The fourth-order valence-corrected chi connectivity index (χ4v) is 5.93. The normalized spacial score (nSPS) is 11.7. The molecule has 0 unspecified atom stereocenters. The van der Waals surface area contributed by atoms with Gasteiger partial charge in [0, 0.05) is 47.3 Å². The molecule has 0 spiro atoms. The fraction of sp³-hybridized carbons (Fsp3) is 0.526. The molecule has 0 saturated heterocycles. The first-order chi connectivity index (χ1) is 23.2. The number of halogens is 1. The van der Waals surface area contributed by atoms with Gasteiger partial charge < -0.3 is 24.1 Å². The molecule has 0 aliphatic heterocycles. The largest absolute Gasteiger partial charge is 0.481 e. The maximum Gasteiger partial charge on any atom is 0.336 e. The van der Waals surface area contributed by atoms with Crippen molar-refractivity contribution >= 4 is 46.0 Å². The molecule has 0 saturated carbocycles. The quantitative estimate of drug-likeness (QED) is 0.0678. The first kappa shape index (κ1) is 38.6. The number of rotatable bonds is 21. The van der Waals surface area contributed by atoms with Crippen LogP contribution in [0.3, 0.4) is 0 Å². The van der Waals surface area contributed by atoms with Crippen molar-refractivity contribution in [2.75, 3.05) is 25.0 Å². The minimum absolute atomic E-state index is 0.0521. The topological polar surface area (TPSA) is 115 Å². The van der Waals surface area contributed by atoms with Crippen LogP contribution in [0.15, 0.2) is 51.7 Å². The Bertz CT molecular complexity index is 1550. The summed E-state index contributed by atoms with van der Waals surface area (Å²) < 4.78 is 16.3. The highest BCUT2D eigenvalue weighted by molar-refractivity contribution is 6.34. The molecule has 2 amide bonds. The van der Waals surface area contributed by atoms with E-state index in [0.29, 0.717) is 45.9 Å². The first-order valence-corrected chi connectivity index (χ1v) is 17.8. The molecule has 0 radical (unpaired) electrons. The van der Waals surface area contributed by atoms with Crippen molar-refractivity contribution in [2.45, 2.75) is 111 Å². The molecule has 2 aromatic carbocycles. The van der Waals surface area contributed by atoms with Crippen LogP contribution in [0.4, 0.5) is 5.69 Å². The molecular weight excluding hydrogens is 632 g/mol. The van der Waals surface area contributed by atoms with Gasteiger partial charge in [0.2, 0.25) is 5.91 Å². The van der Waals surface area contributed by atoms with Gasteiger partial charge in [0.05, 0.1) is 11.6 Å². The van der Waals surface area contributed by atoms with Gasteiger partial charge in [-0.25, -0.2) is 4.79 Å². The van der Waals surface area contributed by atoms with Crippen LogP contribution in [-0.2, 0) is 19.1 Å². The van der Waals surface area contributed by atoms with Gasteiger partial charge >= 0.3 is 11.6 Å². The highest BCUT2D eigenvalue weighted by Gasteiger charge is 2.24. The average molecular weight is 683 g/mol. The number of fused-ring (bicyclic) bond motifs is 1. The van der Waals surface area contributed by atoms with Gasteiger partial charge in [0.25, 0.3) is 5.91 Å². The molecule has 0 aliphatic rings. The fourth-order valence-electron chi connectivity index (χ4n) is 5.64. The van der Waals surface area contributed by atoms with E-state index in [1.165, 1.54) is 62.3 Å². The van der Waals surface area contributed by atoms with Crippen molar-refractivity contribution in [3.05, 3.63) is 57.9 Å². The predicted octanol–water partition coefficient (Wildman–Crippen LogP) is 8.93. The van der Waals surface area contributed by atoms with Crippen LogP contribution < -0.4 is 15.7 Å². The molecule has 48 heavy (non-hydrogen) atoms. The van der Waals surface area contributed by atoms with E-state index in [1.807, 2.05) is 0 Å². The smallest absolute Gasteiger partial charge is 0.336 e. The first-order valence-electron chi connectivity index (χ1n) is 17.5. The third-order valence-corrected chi connectivity index (χ3v) is 8.56. The Morgan fingerprint density at radius 2 is 1.52 bits per heavy atom. The van der Waals surface area contributed by atoms with Crippen LogP contribution in [0.25, 0.3) is 22.1 Å². The lowest BCUT2D eigenvalue weighted by atomic mass is 10.0. The van der Waals surface area contributed by atoms with Crippen LogP contribution in [0.5, 0.6) is 5.75 Å². The zero-order valence-electron chi connectivity index (χ0n) is 28.9. The van der Waals surface area contributed by atoms with Gasteiger partial charge in [0.1, 0.15) is 17.9 Å². The lowest BCUT2D eigenvalue weighted by molar-refractivity contribution is -0.150. The second-order valence-electron chi connectivity index (χ2n) is 12.1. The number of anilines is 1. The number of carbonyl (C=O) groups excluding carboxylic acids is 3. The van der Waals surface area contributed by atoms with Gasteiger partial charge in [0.15, 0.2) is 6.10 Å². The number of likely N-dealkylation sites (N-methyl/N-ethyl adjacent to an activating group) is 1. The lowest BCUT2D eigenvalue weighted by Gasteiger charge is -2.24. The Balaban J connectivity index is 1.58. The molecule has 10 heteroatoms. The number of benzene rings is 2. The number of esters is 1. The third-order valence-electron chi connectivity index (χ3n) is 8.25. The Morgan fingerprint density at radius 1 is 0.854 bits per heavy atom. The lowest BCUT2D eigenvalue weighted by Crippen LogP contribution is -2.43. The maximum absolute atomic E-state index is 12.9. The summed E-state index contributed by atoms with van der Waals surface area (Å²) in [5.74, 6) is -0.603. The van der Waals surface area contributed by atoms with Gasteiger partial charge in [-0.1, -0.05) is 88.8 Å². The zero-order chi connectivity index (χ0) is 34.9. The summed E-state index contributed by atoms with van der Waals surface area (Å²) in [6, 6.07) is 11.5. The van der Waals surface area contributed by atoms with Gasteiger partial charge in [-0.3, -0.25) is 14.4 Å². The van der Waals surface area contributed by atoms with Crippen LogP contribution in [0.2, 0.25) is 5.02 Å². The molecule has 1 N–H and O–H groups in total. The van der Waals surface area contributed by atoms with E-state index in [9.17, 15) is 19.2 Å². The van der Waals surface area contributed by atoms with E-state index < -0.39 is 17.7 Å². The summed E-state index contributed by atoms with van der Waals surface area (Å²) >= 11 is 6.67. The minimum atomic E-state index is -0.904. The van der Waals surface area contributed by atoms with Crippen molar-refractivity contribution in [3.63, 3.8) is 0 Å². The summed E-state index contributed by atoms with van der Waals surface area (Å²) in [7, 11) is 0. The van der Waals surface area contributed by atoms with Crippen molar-refractivity contribution in [3.8, 4) is 16.9 Å². The minimum Gasteiger partial charge on any atom is -0.481 e. The van der Waals surface area contributed by atoms with Crippen molar-refractivity contribution in [1.29, 1.82) is 0 Å². The number of amides is 2. The molecule has 1 heterocycles. The summed E-state index contributed by atoms with van der Waals surface area (Å²) in [6.45, 7) is 7.66. The van der Waals surface area contributed by atoms with Crippen molar-refractivity contribution in [2.24, 2.45) is 0 Å². The summed E-state index contributed by atoms with van der Waals surface area (Å²) in [4.78, 5) is 51.3. The molecule has 1 atom stereocenters. The molecular formula is C38H51ClN2O7. The number of nitrogens with one attached hydrogen (secondary N) is 1. The van der Waals surface area contributed by atoms with E-state index in [0.717, 1.165) is 19.3 Å². The molecule has 3 rings (SSSR count). The average Bonchev–Trinajstić information content (AvgIpc) is 3.05. The third kappa shape index (κ3) is 12.3. The molecule has 1 aromatic heterocycles. The number of hydrogen-bond donors (Lipinski definition) is 1. The number of ether oxygens (including phenoxy) is 2. The Kier molecular flexibility index (Phi) is 16.5. The molecule has 0 fully saturated rings. The van der Waals surface area contributed by atoms with E-state index >= 15 is 0 Å². The van der Waals surface area contributed by atoms with E-state index in [2.05, 4.69) is 12.2 Å². The van der Waals surface area contributed by atoms with E-state index in [-0.39, 0.29) is 30.5 Å². The summed E-state index contributed by atoms with van der Waals surface area (Å²) in [5.41, 5.74) is 1.43. The van der Waals surface area contributed by atoms with E-state index in [1.54, 1.807) is 57.2 Å². The highest BCUT2D eigenvalue weighted by Crippen LogP contribution is 2.35. The monoisotopic (exact) mass is 682 g/mol.